The number of methoxy groups -OCH3 is 2. The van der Waals surface area contributed by atoms with Crippen LogP contribution in [0.2, 0.25) is 0 Å². The normalized spacial score (nSPS) is 11.7. The first kappa shape index (κ1) is 14.6. The van der Waals surface area contributed by atoms with Crippen molar-refractivity contribution in [1.82, 2.24) is 0 Å². The summed E-state index contributed by atoms with van der Waals surface area (Å²) in [5.74, 6) is -1.55. The summed E-state index contributed by atoms with van der Waals surface area (Å²) in [6.07, 6.45) is -0.886. The van der Waals surface area contributed by atoms with Crippen molar-refractivity contribution in [2.75, 3.05) is 20.0 Å². The number of ether oxygens (including phenoxy) is 2. The van der Waals surface area contributed by atoms with Crippen LogP contribution >= 0.6 is 0 Å². The smallest absolute Gasteiger partial charge is 0.335 e. The second kappa shape index (κ2) is 5.94. The number of carbonyl (C=O) groups is 1. The van der Waals surface area contributed by atoms with Gasteiger partial charge in [-0.2, -0.15) is 0 Å². The van der Waals surface area contributed by atoms with E-state index in [1.165, 1.54) is 32.4 Å². The molecule has 1 aromatic rings. The molecule has 6 nitrogen and oxygen atoms in total. The van der Waals surface area contributed by atoms with Gasteiger partial charge in [0.25, 0.3) is 0 Å². The fourth-order valence-corrected chi connectivity index (χ4v) is 2.75. The number of hydrogen-bond donors (Lipinski definition) is 1. The highest BCUT2D eigenvalue weighted by Crippen LogP contribution is 2.15. The Labute approximate surface area is 105 Å². The Hall–Kier alpha value is -1.44. The minimum absolute atomic E-state index is 0.0681. The summed E-state index contributed by atoms with van der Waals surface area (Å²) in [6, 6.07) is 5.15. The third-order valence-electron chi connectivity index (χ3n) is 2.32. The van der Waals surface area contributed by atoms with Crippen LogP contribution < -0.4 is 0 Å². The average Bonchev–Trinajstić information content (AvgIpc) is 2.36. The van der Waals surface area contributed by atoms with E-state index in [1.807, 2.05) is 0 Å². The summed E-state index contributed by atoms with van der Waals surface area (Å²) < 4.78 is 33.6. The number of sulfone groups is 1. The maximum absolute atomic E-state index is 12.0. The molecule has 0 amide bonds. The number of carboxylic acid groups (broad SMARTS) is 1. The molecule has 100 valence electrons. The molecule has 1 N–H and O–H groups in total. The number of hydrogen-bond acceptors (Lipinski definition) is 5. The highest BCUT2D eigenvalue weighted by atomic mass is 32.2. The van der Waals surface area contributed by atoms with Crippen LogP contribution in [-0.4, -0.2) is 45.8 Å². The SMILES string of the molecule is COC(CS(=O)(=O)c1cccc(C(=O)O)c1)OC. The largest absolute Gasteiger partial charge is 0.478 e. The molecule has 0 heterocycles. The van der Waals surface area contributed by atoms with Gasteiger partial charge in [0.15, 0.2) is 16.1 Å². The van der Waals surface area contributed by atoms with E-state index in [1.54, 1.807) is 0 Å². The van der Waals surface area contributed by atoms with Crippen LogP contribution in [0.15, 0.2) is 29.2 Å². The van der Waals surface area contributed by atoms with Gasteiger partial charge < -0.3 is 14.6 Å². The second-order valence-electron chi connectivity index (χ2n) is 3.52. The van der Waals surface area contributed by atoms with E-state index in [9.17, 15) is 13.2 Å². The predicted molar refractivity (Wildman–Crippen MR) is 63.3 cm³/mol. The summed E-state index contributed by atoms with van der Waals surface area (Å²) in [7, 11) is -0.992. The van der Waals surface area contributed by atoms with Crippen molar-refractivity contribution < 1.29 is 27.8 Å². The van der Waals surface area contributed by atoms with E-state index in [0.717, 1.165) is 6.07 Å². The zero-order chi connectivity index (χ0) is 13.8. The van der Waals surface area contributed by atoms with Gasteiger partial charge in [-0.05, 0) is 18.2 Å². The van der Waals surface area contributed by atoms with E-state index < -0.39 is 22.1 Å². The minimum Gasteiger partial charge on any atom is -0.478 e. The molecule has 1 rings (SSSR count). The molecule has 0 bridgehead atoms. The molecule has 0 spiro atoms. The molecule has 18 heavy (non-hydrogen) atoms. The Morgan fingerprint density at radius 3 is 2.44 bits per heavy atom. The van der Waals surface area contributed by atoms with Gasteiger partial charge in [-0.25, -0.2) is 13.2 Å². The van der Waals surface area contributed by atoms with Gasteiger partial charge in [-0.15, -0.1) is 0 Å². The van der Waals surface area contributed by atoms with Crippen molar-refractivity contribution in [1.29, 1.82) is 0 Å². The molecule has 0 aliphatic rings. The summed E-state index contributed by atoms with van der Waals surface area (Å²) >= 11 is 0. The van der Waals surface area contributed by atoms with Crippen LogP contribution in [0.25, 0.3) is 0 Å². The van der Waals surface area contributed by atoms with E-state index >= 15 is 0 Å². The highest BCUT2D eigenvalue weighted by molar-refractivity contribution is 7.91. The molecule has 0 atom stereocenters. The summed E-state index contributed by atoms with van der Waals surface area (Å²) in [6.45, 7) is 0. The average molecular weight is 274 g/mol. The number of benzene rings is 1. The van der Waals surface area contributed by atoms with Crippen LogP contribution in [0.3, 0.4) is 0 Å². The van der Waals surface area contributed by atoms with Crippen LogP contribution in [0.4, 0.5) is 0 Å². The summed E-state index contributed by atoms with van der Waals surface area (Å²) in [5, 5.41) is 8.81. The van der Waals surface area contributed by atoms with E-state index in [4.69, 9.17) is 14.6 Å². The predicted octanol–water partition coefficient (Wildman–Crippen LogP) is 0.777. The van der Waals surface area contributed by atoms with Gasteiger partial charge in [0.1, 0.15) is 5.75 Å². The maximum Gasteiger partial charge on any atom is 0.335 e. The lowest BCUT2D eigenvalue weighted by Gasteiger charge is -2.13. The molecule has 0 saturated heterocycles. The van der Waals surface area contributed by atoms with Crippen molar-refractivity contribution in [2.24, 2.45) is 0 Å². The molecule has 0 unspecified atom stereocenters. The molecule has 0 aliphatic heterocycles. The fourth-order valence-electron chi connectivity index (χ4n) is 1.33. The van der Waals surface area contributed by atoms with E-state index in [2.05, 4.69) is 0 Å². The van der Waals surface area contributed by atoms with Crippen LogP contribution in [-0.2, 0) is 19.3 Å². The Kier molecular flexibility index (Phi) is 4.83. The van der Waals surface area contributed by atoms with E-state index in [-0.39, 0.29) is 16.2 Å². The monoisotopic (exact) mass is 274 g/mol. The lowest BCUT2D eigenvalue weighted by molar-refractivity contribution is -0.0851. The summed E-state index contributed by atoms with van der Waals surface area (Å²) in [4.78, 5) is 10.7. The Balaban J connectivity index is 3.05. The third kappa shape index (κ3) is 3.52. The number of rotatable bonds is 6. The van der Waals surface area contributed by atoms with Crippen molar-refractivity contribution in [3.63, 3.8) is 0 Å². The van der Waals surface area contributed by atoms with Gasteiger partial charge in [0, 0.05) is 14.2 Å². The lowest BCUT2D eigenvalue weighted by atomic mass is 10.2. The quantitative estimate of drug-likeness (QED) is 0.771. The molecule has 0 fully saturated rings. The minimum atomic E-state index is -3.65. The van der Waals surface area contributed by atoms with Gasteiger partial charge >= 0.3 is 5.97 Å². The van der Waals surface area contributed by atoms with Crippen LogP contribution in [0, 0.1) is 0 Å². The van der Waals surface area contributed by atoms with Crippen LogP contribution in [0.5, 0.6) is 0 Å². The Morgan fingerprint density at radius 2 is 1.94 bits per heavy atom. The number of carboxylic acids is 1. The fraction of sp³-hybridized carbons (Fsp3) is 0.364. The molecule has 7 heteroatoms. The Morgan fingerprint density at radius 1 is 1.33 bits per heavy atom. The van der Waals surface area contributed by atoms with Crippen molar-refractivity contribution >= 4 is 15.8 Å². The maximum atomic E-state index is 12.0. The zero-order valence-corrected chi connectivity index (χ0v) is 10.8. The Bertz CT molecular complexity index is 518. The molecule has 0 aliphatic carbocycles. The zero-order valence-electron chi connectivity index (χ0n) is 9.99. The molecular weight excluding hydrogens is 260 g/mol. The first-order valence-corrected chi connectivity index (χ1v) is 6.67. The van der Waals surface area contributed by atoms with Crippen molar-refractivity contribution in [3.8, 4) is 0 Å². The van der Waals surface area contributed by atoms with Crippen molar-refractivity contribution in [3.05, 3.63) is 29.8 Å². The number of aromatic carboxylic acids is 1. The molecule has 0 saturated carbocycles. The van der Waals surface area contributed by atoms with E-state index in [0.29, 0.717) is 0 Å². The molecule has 0 aromatic heterocycles. The van der Waals surface area contributed by atoms with Gasteiger partial charge in [-0.1, -0.05) is 6.07 Å². The highest BCUT2D eigenvalue weighted by Gasteiger charge is 2.21. The third-order valence-corrected chi connectivity index (χ3v) is 4.00. The lowest BCUT2D eigenvalue weighted by Crippen LogP contribution is -2.24. The molecular formula is C11H14O6S. The summed E-state index contributed by atoms with van der Waals surface area (Å²) in [5.41, 5.74) is -0.0811. The van der Waals surface area contributed by atoms with Gasteiger partial charge in [0.2, 0.25) is 0 Å². The molecule has 0 radical (unpaired) electrons. The van der Waals surface area contributed by atoms with Gasteiger partial charge in [-0.3, -0.25) is 0 Å². The van der Waals surface area contributed by atoms with Crippen molar-refractivity contribution in [2.45, 2.75) is 11.2 Å². The van der Waals surface area contributed by atoms with Gasteiger partial charge in [0.05, 0.1) is 10.5 Å². The molecule has 1 aromatic carbocycles. The standard InChI is InChI=1S/C11H14O6S/c1-16-10(17-2)7-18(14,15)9-5-3-4-8(6-9)11(12)13/h3-6,10H,7H2,1-2H3,(H,12,13). The first-order valence-electron chi connectivity index (χ1n) is 5.02. The van der Waals surface area contributed by atoms with Crippen LogP contribution in [0.1, 0.15) is 10.4 Å². The first-order chi connectivity index (χ1) is 8.40. The topological polar surface area (TPSA) is 89.9 Å². The second-order valence-corrected chi connectivity index (χ2v) is 5.55.